The van der Waals surface area contributed by atoms with E-state index in [4.69, 9.17) is 10.5 Å². The number of likely N-dealkylation sites (tertiary alicyclic amines) is 1. The van der Waals surface area contributed by atoms with Crippen molar-refractivity contribution >= 4 is 5.91 Å². The first kappa shape index (κ1) is 17.0. The van der Waals surface area contributed by atoms with E-state index in [-0.39, 0.29) is 36.2 Å². The van der Waals surface area contributed by atoms with E-state index in [9.17, 15) is 23.1 Å². The van der Waals surface area contributed by atoms with E-state index in [2.05, 4.69) is 4.90 Å². The maximum atomic E-state index is 12.9. The zero-order valence-corrected chi connectivity index (χ0v) is 12.9. The normalized spacial score (nSPS) is 38.3. The summed E-state index contributed by atoms with van der Waals surface area (Å²) in [7, 11) is 0. The largest absolute Gasteiger partial charge is 0.417 e. The summed E-state index contributed by atoms with van der Waals surface area (Å²) in [5.41, 5.74) is 2.59. The Morgan fingerprint density at radius 2 is 1.83 bits per heavy atom. The van der Waals surface area contributed by atoms with Gasteiger partial charge in [0.25, 0.3) is 0 Å². The van der Waals surface area contributed by atoms with Crippen molar-refractivity contribution in [1.29, 1.82) is 0 Å². The van der Waals surface area contributed by atoms with E-state index in [0.717, 1.165) is 0 Å². The molecule has 1 unspecified atom stereocenters. The van der Waals surface area contributed by atoms with Gasteiger partial charge in [0.2, 0.25) is 5.91 Å². The number of amides is 1. The standard InChI is InChI=1S/C15H23F3N2O3/c16-15(17,18)14(22)4-1-11(2-5-14)20-6-3-10(12(19)21)7-13(20)8-23-9-13/h10-11,22H,1-9H2,(H2,19,21). The molecule has 3 rings (SSSR count). The Kier molecular flexibility index (Phi) is 4.13. The van der Waals surface area contributed by atoms with Gasteiger partial charge in [-0.05, 0) is 45.1 Å². The molecule has 0 aromatic rings. The molecule has 1 amide bonds. The Hall–Kier alpha value is -0.860. The van der Waals surface area contributed by atoms with Crippen molar-refractivity contribution in [3.63, 3.8) is 0 Å². The number of hydrogen-bond acceptors (Lipinski definition) is 4. The van der Waals surface area contributed by atoms with Crippen LogP contribution in [0.2, 0.25) is 0 Å². The molecular formula is C15H23F3N2O3. The van der Waals surface area contributed by atoms with Crippen molar-refractivity contribution in [1.82, 2.24) is 4.90 Å². The summed E-state index contributed by atoms with van der Waals surface area (Å²) in [6.07, 6.45) is -3.26. The van der Waals surface area contributed by atoms with E-state index in [1.165, 1.54) is 0 Å². The van der Waals surface area contributed by atoms with E-state index >= 15 is 0 Å². The number of nitrogens with two attached hydrogens (primary N) is 1. The summed E-state index contributed by atoms with van der Waals surface area (Å²) < 4.78 is 44.1. The molecule has 5 nitrogen and oxygen atoms in total. The SMILES string of the molecule is NC(=O)C1CCN(C2CCC(O)(C(F)(F)F)CC2)C2(COC2)C1. The zero-order valence-electron chi connectivity index (χ0n) is 12.9. The summed E-state index contributed by atoms with van der Waals surface area (Å²) in [5, 5.41) is 9.81. The summed E-state index contributed by atoms with van der Waals surface area (Å²) in [6.45, 7) is 1.64. The number of halogens is 3. The molecule has 23 heavy (non-hydrogen) atoms. The summed E-state index contributed by atoms with van der Waals surface area (Å²) in [5.74, 6) is -0.503. The van der Waals surface area contributed by atoms with Gasteiger partial charge in [-0.1, -0.05) is 0 Å². The first-order chi connectivity index (χ1) is 10.7. The molecule has 8 heteroatoms. The number of aliphatic hydroxyl groups is 1. The highest BCUT2D eigenvalue weighted by Crippen LogP contribution is 2.46. The van der Waals surface area contributed by atoms with Crippen molar-refractivity contribution in [3.8, 4) is 0 Å². The fourth-order valence-electron chi connectivity index (χ4n) is 4.32. The molecule has 1 spiro atoms. The van der Waals surface area contributed by atoms with Crippen LogP contribution in [0.1, 0.15) is 38.5 Å². The molecule has 2 saturated heterocycles. The topological polar surface area (TPSA) is 75.8 Å². The van der Waals surface area contributed by atoms with E-state index in [0.29, 0.717) is 45.4 Å². The van der Waals surface area contributed by atoms with Crippen molar-refractivity contribution in [2.75, 3.05) is 19.8 Å². The number of primary amides is 1. The molecule has 0 bridgehead atoms. The Morgan fingerprint density at radius 3 is 2.26 bits per heavy atom. The molecule has 1 atom stereocenters. The summed E-state index contributed by atoms with van der Waals surface area (Å²) in [4.78, 5) is 13.7. The van der Waals surface area contributed by atoms with Crippen LogP contribution in [0.25, 0.3) is 0 Å². The van der Waals surface area contributed by atoms with Crippen LogP contribution in [0.5, 0.6) is 0 Å². The lowest BCUT2D eigenvalue weighted by Crippen LogP contribution is -2.69. The van der Waals surface area contributed by atoms with Crippen molar-refractivity contribution in [2.24, 2.45) is 11.7 Å². The lowest BCUT2D eigenvalue weighted by molar-refractivity contribution is -0.275. The quantitative estimate of drug-likeness (QED) is 0.794. The fraction of sp³-hybridized carbons (Fsp3) is 0.933. The maximum Gasteiger partial charge on any atom is 0.417 e. The number of carbonyl (C=O) groups is 1. The van der Waals surface area contributed by atoms with Crippen LogP contribution in [-0.2, 0) is 9.53 Å². The molecule has 0 aromatic carbocycles. The summed E-state index contributed by atoms with van der Waals surface area (Å²) >= 11 is 0. The second kappa shape index (κ2) is 5.60. The minimum Gasteiger partial charge on any atom is -0.380 e. The van der Waals surface area contributed by atoms with Gasteiger partial charge in [0, 0.05) is 12.0 Å². The average Bonchev–Trinajstić information content (AvgIpc) is 2.44. The highest BCUT2D eigenvalue weighted by molar-refractivity contribution is 5.77. The van der Waals surface area contributed by atoms with Crippen molar-refractivity contribution < 1.29 is 27.8 Å². The third-order valence-corrected chi connectivity index (χ3v) is 5.85. The average molecular weight is 336 g/mol. The third kappa shape index (κ3) is 2.85. The van der Waals surface area contributed by atoms with Crippen LogP contribution in [0, 0.1) is 5.92 Å². The molecule has 3 fully saturated rings. The smallest absolute Gasteiger partial charge is 0.380 e. The van der Waals surface area contributed by atoms with Gasteiger partial charge in [0.1, 0.15) is 0 Å². The summed E-state index contributed by atoms with van der Waals surface area (Å²) in [6, 6.07) is -0.00430. The Bertz CT molecular complexity index is 471. The van der Waals surface area contributed by atoms with Crippen LogP contribution in [-0.4, -0.2) is 59.0 Å². The number of carbonyl (C=O) groups excluding carboxylic acids is 1. The van der Waals surface area contributed by atoms with Gasteiger partial charge in [0.15, 0.2) is 5.60 Å². The minimum absolute atomic E-state index is 0.00430. The zero-order chi connectivity index (χ0) is 16.9. The Balaban J connectivity index is 1.67. The van der Waals surface area contributed by atoms with Gasteiger partial charge in [0.05, 0.1) is 18.8 Å². The van der Waals surface area contributed by atoms with Crippen LogP contribution in [0.4, 0.5) is 13.2 Å². The Labute approximate surface area is 132 Å². The second-order valence-corrected chi connectivity index (χ2v) is 7.26. The number of ether oxygens (including phenoxy) is 1. The van der Waals surface area contributed by atoms with Crippen molar-refractivity contribution in [3.05, 3.63) is 0 Å². The van der Waals surface area contributed by atoms with Gasteiger partial charge in [-0.2, -0.15) is 13.2 Å². The van der Waals surface area contributed by atoms with Crippen LogP contribution in [0.15, 0.2) is 0 Å². The molecule has 132 valence electrons. The highest BCUT2D eigenvalue weighted by atomic mass is 19.4. The second-order valence-electron chi connectivity index (χ2n) is 7.26. The van der Waals surface area contributed by atoms with E-state index < -0.39 is 11.8 Å². The predicted octanol–water partition coefficient (Wildman–Crippen LogP) is 1.19. The lowest BCUT2D eigenvalue weighted by atomic mass is 9.74. The van der Waals surface area contributed by atoms with Gasteiger partial charge in [-0.25, -0.2) is 0 Å². The van der Waals surface area contributed by atoms with Crippen molar-refractivity contribution in [2.45, 2.75) is 61.9 Å². The highest BCUT2D eigenvalue weighted by Gasteiger charge is 2.57. The van der Waals surface area contributed by atoms with Crippen LogP contribution in [0.3, 0.4) is 0 Å². The molecule has 0 radical (unpaired) electrons. The molecule has 3 aliphatic rings. The maximum absolute atomic E-state index is 12.9. The van der Waals surface area contributed by atoms with Gasteiger partial charge >= 0.3 is 6.18 Å². The minimum atomic E-state index is -4.58. The molecule has 2 heterocycles. The Morgan fingerprint density at radius 1 is 1.22 bits per heavy atom. The first-order valence-electron chi connectivity index (χ1n) is 8.10. The number of piperidine rings is 1. The number of nitrogens with zero attached hydrogens (tertiary/aromatic N) is 1. The van der Waals surface area contributed by atoms with Gasteiger partial charge < -0.3 is 15.6 Å². The number of hydrogen-bond donors (Lipinski definition) is 2. The molecule has 2 aliphatic heterocycles. The molecule has 1 saturated carbocycles. The number of rotatable bonds is 2. The lowest BCUT2D eigenvalue weighted by Gasteiger charge is -2.57. The van der Waals surface area contributed by atoms with Gasteiger partial charge in [-0.3, -0.25) is 9.69 Å². The van der Waals surface area contributed by atoms with Gasteiger partial charge in [-0.15, -0.1) is 0 Å². The number of alkyl halides is 3. The van der Waals surface area contributed by atoms with E-state index in [1.54, 1.807) is 0 Å². The third-order valence-electron chi connectivity index (χ3n) is 5.85. The van der Waals surface area contributed by atoms with Crippen LogP contribution >= 0.6 is 0 Å². The first-order valence-corrected chi connectivity index (χ1v) is 8.10. The predicted molar refractivity (Wildman–Crippen MR) is 75.4 cm³/mol. The monoisotopic (exact) mass is 336 g/mol. The fourth-order valence-corrected chi connectivity index (χ4v) is 4.32. The molecule has 3 N–H and O–H groups in total. The van der Waals surface area contributed by atoms with E-state index in [1.807, 2.05) is 0 Å². The molecule has 0 aromatic heterocycles. The molecule has 1 aliphatic carbocycles. The van der Waals surface area contributed by atoms with Crippen LogP contribution < -0.4 is 5.73 Å². The molecular weight excluding hydrogens is 313 g/mol.